The van der Waals surface area contributed by atoms with E-state index in [1.54, 1.807) is 0 Å². The number of amides is 1. The molecule has 0 bridgehead atoms. The maximum atomic E-state index is 11.2. The Balaban J connectivity index is 2.08. The van der Waals surface area contributed by atoms with Crippen LogP contribution in [0, 0.1) is 5.92 Å². The van der Waals surface area contributed by atoms with Crippen molar-refractivity contribution in [1.82, 2.24) is 10.2 Å². The summed E-state index contributed by atoms with van der Waals surface area (Å²) in [5.74, 6) is 0.314. The van der Waals surface area contributed by atoms with Crippen molar-refractivity contribution >= 4 is 5.91 Å². The fraction of sp³-hybridized carbons (Fsp3) is 0.900. The number of hydrogen-bond acceptors (Lipinski definition) is 4. The Morgan fingerprint density at radius 1 is 1.73 bits per heavy atom. The molecule has 1 aliphatic heterocycles. The minimum absolute atomic E-state index is 0.0159. The largest absolute Gasteiger partial charge is 0.382 e. The zero-order chi connectivity index (χ0) is 11.3. The number of rotatable bonds is 5. The molecule has 0 aromatic rings. The van der Waals surface area contributed by atoms with Gasteiger partial charge < -0.3 is 21.1 Å². The molecule has 1 fully saturated rings. The van der Waals surface area contributed by atoms with E-state index in [2.05, 4.69) is 17.3 Å². The molecule has 15 heavy (non-hydrogen) atoms. The van der Waals surface area contributed by atoms with Gasteiger partial charge in [-0.1, -0.05) is 0 Å². The molecule has 1 heterocycles. The third kappa shape index (κ3) is 4.15. The number of nitrogens with zero attached hydrogens (tertiary/aromatic N) is 1. The van der Waals surface area contributed by atoms with Crippen molar-refractivity contribution in [3.8, 4) is 0 Å². The highest BCUT2D eigenvalue weighted by molar-refractivity contribution is 5.80. The fourth-order valence-electron chi connectivity index (χ4n) is 1.89. The van der Waals surface area contributed by atoms with E-state index in [0.717, 1.165) is 19.5 Å². The van der Waals surface area contributed by atoms with Crippen molar-refractivity contribution in [2.45, 2.75) is 18.9 Å². The first-order valence-corrected chi connectivity index (χ1v) is 5.48. The summed E-state index contributed by atoms with van der Waals surface area (Å²) in [6.07, 6.45) is 1.12. The Morgan fingerprint density at radius 3 is 3.00 bits per heavy atom. The van der Waals surface area contributed by atoms with Gasteiger partial charge >= 0.3 is 0 Å². The van der Waals surface area contributed by atoms with Gasteiger partial charge in [0, 0.05) is 19.6 Å². The van der Waals surface area contributed by atoms with Gasteiger partial charge in [0.2, 0.25) is 5.91 Å². The van der Waals surface area contributed by atoms with Crippen LogP contribution in [-0.4, -0.2) is 55.2 Å². The third-order valence-electron chi connectivity index (χ3n) is 2.87. The van der Waals surface area contributed by atoms with Gasteiger partial charge in [0.15, 0.2) is 0 Å². The van der Waals surface area contributed by atoms with Gasteiger partial charge in [0.05, 0.1) is 0 Å². The van der Waals surface area contributed by atoms with Crippen molar-refractivity contribution in [2.24, 2.45) is 11.7 Å². The predicted octanol–water partition coefficient (Wildman–Crippen LogP) is -1.24. The van der Waals surface area contributed by atoms with Gasteiger partial charge in [-0.2, -0.15) is 0 Å². The lowest BCUT2D eigenvalue weighted by Crippen LogP contribution is -2.40. The number of hydrogen-bond donors (Lipinski definition) is 3. The van der Waals surface area contributed by atoms with Crippen molar-refractivity contribution in [2.75, 3.05) is 33.2 Å². The summed E-state index contributed by atoms with van der Waals surface area (Å²) in [5, 5.41) is 11.8. The van der Waals surface area contributed by atoms with Gasteiger partial charge in [0.25, 0.3) is 0 Å². The van der Waals surface area contributed by atoms with Crippen LogP contribution in [0.4, 0.5) is 0 Å². The summed E-state index contributed by atoms with van der Waals surface area (Å²) in [4.78, 5) is 13.5. The Bertz CT molecular complexity index is 211. The number of carbonyl (C=O) groups excluding carboxylic acids is 1. The topological polar surface area (TPSA) is 78.6 Å². The van der Waals surface area contributed by atoms with Crippen LogP contribution < -0.4 is 11.1 Å². The van der Waals surface area contributed by atoms with Crippen LogP contribution in [0.25, 0.3) is 0 Å². The zero-order valence-corrected chi connectivity index (χ0v) is 9.28. The summed E-state index contributed by atoms with van der Waals surface area (Å²) in [5.41, 5.74) is 5.17. The molecular formula is C10H21N3O2. The molecule has 0 spiro atoms. The highest BCUT2D eigenvalue weighted by Crippen LogP contribution is 2.16. The van der Waals surface area contributed by atoms with Gasteiger partial charge in [-0.3, -0.25) is 4.79 Å². The molecule has 1 amide bonds. The average Bonchev–Trinajstić information content (AvgIpc) is 2.63. The number of aliphatic hydroxyl groups is 1. The van der Waals surface area contributed by atoms with Crippen LogP contribution in [0.3, 0.4) is 0 Å². The normalized spacial score (nSPS) is 24.1. The first kappa shape index (κ1) is 12.4. The molecular weight excluding hydrogens is 194 g/mol. The SMILES string of the molecule is CN1CCC(CCNC(=O)C(O)CN)C1. The second-order valence-corrected chi connectivity index (χ2v) is 4.25. The molecule has 1 aliphatic rings. The van der Waals surface area contributed by atoms with Gasteiger partial charge in [-0.25, -0.2) is 0 Å². The quantitative estimate of drug-likeness (QED) is 0.536. The molecule has 1 rings (SSSR count). The summed E-state index contributed by atoms with van der Waals surface area (Å²) in [6.45, 7) is 2.87. The van der Waals surface area contributed by atoms with Crippen molar-refractivity contribution in [3.63, 3.8) is 0 Å². The molecule has 5 nitrogen and oxygen atoms in total. The van der Waals surface area contributed by atoms with Crippen molar-refractivity contribution in [3.05, 3.63) is 0 Å². The molecule has 0 aromatic carbocycles. The number of nitrogens with two attached hydrogens (primary N) is 1. The first-order valence-electron chi connectivity index (χ1n) is 5.48. The Morgan fingerprint density at radius 2 is 2.47 bits per heavy atom. The molecule has 0 aromatic heterocycles. The Labute approximate surface area is 90.6 Å². The lowest BCUT2D eigenvalue weighted by molar-refractivity contribution is -0.128. The lowest BCUT2D eigenvalue weighted by Gasteiger charge is -2.12. The van der Waals surface area contributed by atoms with Crippen molar-refractivity contribution in [1.29, 1.82) is 0 Å². The fourth-order valence-corrected chi connectivity index (χ4v) is 1.89. The van der Waals surface area contributed by atoms with Crippen LogP contribution in [0.5, 0.6) is 0 Å². The summed E-state index contributed by atoms with van der Waals surface area (Å²) < 4.78 is 0. The molecule has 2 unspecified atom stereocenters. The molecule has 0 radical (unpaired) electrons. The summed E-state index contributed by atoms with van der Waals surface area (Å²) in [7, 11) is 2.11. The maximum Gasteiger partial charge on any atom is 0.250 e. The van der Waals surface area contributed by atoms with E-state index in [4.69, 9.17) is 10.8 Å². The lowest BCUT2D eigenvalue weighted by atomic mass is 10.1. The Hall–Kier alpha value is -0.650. The number of carbonyl (C=O) groups is 1. The standard InChI is InChI=1S/C10H21N3O2/c1-13-5-3-8(7-13)2-4-12-10(15)9(14)6-11/h8-9,14H,2-7,11H2,1H3,(H,12,15). The monoisotopic (exact) mass is 215 g/mol. The molecule has 5 heteroatoms. The van der Waals surface area contributed by atoms with E-state index in [1.807, 2.05) is 0 Å². The smallest absolute Gasteiger partial charge is 0.250 e. The van der Waals surface area contributed by atoms with Crippen LogP contribution in [0.1, 0.15) is 12.8 Å². The number of aliphatic hydroxyl groups excluding tert-OH is 1. The van der Waals surface area contributed by atoms with E-state index >= 15 is 0 Å². The first-order chi connectivity index (χ1) is 7.13. The number of nitrogens with one attached hydrogen (secondary N) is 1. The minimum atomic E-state index is -1.06. The van der Waals surface area contributed by atoms with Crippen LogP contribution >= 0.6 is 0 Å². The molecule has 1 saturated heterocycles. The van der Waals surface area contributed by atoms with E-state index in [9.17, 15) is 4.79 Å². The van der Waals surface area contributed by atoms with Gasteiger partial charge in [-0.15, -0.1) is 0 Å². The van der Waals surface area contributed by atoms with Crippen LogP contribution in [0.15, 0.2) is 0 Å². The molecule has 0 saturated carbocycles. The van der Waals surface area contributed by atoms with E-state index in [-0.39, 0.29) is 12.5 Å². The maximum absolute atomic E-state index is 11.2. The zero-order valence-electron chi connectivity index (χ0n) is 9.28. The number of likely N-dealkylation sites (tertiary alicyclic amines) is 1. The summed E-state index contributed by atoms with van der Waals surface area (Å²) in [6, 6.07) is 0. The average molecular weight is 215 g/mol. The second-order valence-electron chi connectivity index (χ2n) is 4.25. The molecule has 88 valence electrons. The third-order valence-corrected chi connectivity index (χ3v) is 2.87. The predicted molar refractivity (Wildman–Crippen MR) is 58.3 cm³/mol. The second kappa shape index (κ2) is 6.05. The van der Waals surface area contributed by atoms with Crippen LogP contribution in [0.2, 0.25) is 0 Å². The summed E-state index contributed by atoms with van der Waals surface area (Å²) >= 11 is 0. The van der Waals surface area contributed by atoms with E-state index in [1.165, 1.54) is 6.42 Å². The highest BCUT2D eigenvalue weighted by atomic mass is 16.3. The van der Waals surface area contributed by atoms with Crippen LogP contribution in [-0.2, 0) is 4.79 Å². The molecule has 2 atom stereocenters. The van der Waals surface area contributed by atoms with Gasteiger partial charge in [0.1, 0.15) is 6.10 Å². The minimum Gasteiger partial charge on any atom is -0.382 e. The Kier molecular flexibility index (Phi) is 5.01. The molecule has 4 N–H and O–H groups in total. The van der Waals surface area contributed by atoms with E-state index < -0.39 is 6.10 Å². The van der Waals surface area contributed by atoms with Crippen molar-refractivity contribution < 1.29 is 9.90 Å². The highest BCUT2D eigenvalue weighted by Gasteiger charge is 2.19. The molecule has 0 aliphatic carbocycles. The van der Waals surface area contributed by atoms with Gasteiger partial charge in [-0.05, 0) is 32.4 Å². The van der Waals surface area contributed by atoms with E-state index in [0.29, 0.717) is 12.5 Å².